The molecular formula is C22H24N6O. The largest absolute Gasteiger partial charge is 0.335 e. The smallest absolute Gasteiger partial charge is 0.317 e. The maximum Gasteiger partial charge on any atom is 0.317 e. The molecule has 148 valence electrons. The van der Waals surface area contributed by atoms with Gasteiger partial charge in [-0.2, -0.15) is 0 Å². The summed E-state index contributed by atoms with van der Waals surface area (Å²) in [6, 6.07) is 16.8. The van der Waals surface area contributed by atoms with Gasteiger partial charge in [0.2, 0.25) is 0 Å². The zero-order valence-corrected chi connectivity index (χ0v) is 16.2. The molecule has 7 nitrogen and oxygen atoms in total. The lowest BCUT2D eigenvalue weighted by Gasteiger charge is -2.31. The fraction of sp³-hybridized carbons (Fsp3) is 0.364. The van der Waals surface area contributed by atoms with E-state index >= 15 is 0 Å². The Morgan fingerprint density at radius 3 is 2.55 bits per heavy atom. The Morgan fingerprint density at radius 1 is 1.00 bits per heavy atom. The van der Waals surface area contributed by atoms with Crippen LogP contribution < -0.4 is 5.32 Å². The van der Waals surface area contributed by atoms with E-state index in [1.54, 1.807) is 6.20 Å². The van der Waals surface area contributed by atoms with Gasteiger partial charge in [-0.1, -0.05) is 41.6 Å². The van der Waals surface area contributed by atoms with Crippen LogP contribution in [-0.4, -0.2) is 50.0 Å². The third-order valence-electron chi connectivity index (χ3n) is 5.89. The highest BCUT2D eigenvalue weighted by molar-refractivity contribution is 5.75. The molecule has 1 N–H and O–H groups in total. The monoisotopic (exact) mass is 388 g/mol. The van der Waals surface area contributed by atoms with Crippen molar-refractivity contribution in [2.45, 2.75) is 37.3 Å². The van der Waals surface area contributed by atoms with Crippen LogP contribution in [0.4, 0.5) is 4.79 Å². The lowest BCUT2D eigenvalue weighted by molar-refractivity contribution is 0.167. The second-order valence-corrected chi connectivity index (χ2v) is 7.83. The van der Waals surface area contributed by atoms with E-state index in [1.807, 2.05) is 40.0 Å². The highest BCUT2D eigenvalue weighted by atomic mass is 16.2. The van der Waals surface area contributed by atoms with E-state index in [1.165, 1.54) is 5.56 Å². The second-order valence-electron chi connectivity index (χ2n) is 7.83. The zero-order chi connectivity index (χ0) is 19.6. The number of rotatable bonds is 4. The van der Waals surface area contributed by atoms with Crippen LogP contribution in [0.2, 0.25) is 0 Å². The molecular weight excluding hydrogens is 364 g/mol. The number of amides is 2. The average molecular weight is 388 g/mol. The van der Waals surface area contributed by atoms with Crippen LogP contribution in [-0.2, 0) is 0 Å². The predicted molar refractivity (Wildman–Crippen MR) is 109 cm³/mol. The topological polar surface area (TPSA) is 75.9 Å². The highest BCUT2D eigenvalue weighted by Gasteiger charge is 2.40. The summed E-state index contributed by atoms with van der Waals surface area (Å²) < 4.78 is 1.92. The Hall–Kier alpha value is -3.22. The summed E-state index contributed by atoms with van der Waals surface area (Å²) in [5.41, 5.74) is 2.92. The van der Waals surface area contributed by atoms with Crippen LogP contribution in [0.25, 0.3) is 11.4 Å². The highest BCUT2D eigenvalue weighted by Crippen LogP contribution is 2.40. The van der Waals surface area contributed by atoms with E-state index in [4.69, 9.17) is 0 Å². The molecule has 0 unspecified atom stereocenters. The minimum atomic E-state index is 0.0552. The maximum atomic E-state index is 12.6. The molecule has 2 amide bonds. The van der Waals surface area contributed by atoms with Gasteiger partial charge < -0.3 is 10.2 Å². The molecule has 0 radical (unpaired) electrons. The Kier molecular flexibility index (Phi) is 4.71. The minimum Gasteiger partial charge on any atom is -0.335 e. The molecule has 1 saturated heterocycles. The predicted octanol–water partition coefficient (Wildman–Crippen LogP) is 3.24. The van der Waals surface area contributed by atoms with Crippen molar-refractivity contribution >= 4 is 6.03 Å². The van der Waals surface area contributed by atoms with Gasteiger partial charge >= 0.3 is 6.03 Å². The van der Waals surface area contributed by atoms with Crippen LogP contribution in [0.15, 0.2) is 60.9 Å². The number of hydrogen-bond acceptors (Lipinski definition) is 4. The number of nitrogens with zero attached hydrogens (tertiary/aromatic N) is 5. The molecule has 1 aliphatic heterocycles. The number of hydrogen-bond donors (Lipinski definition) is 1. The lowest BCUT2D eigenvalue weighted by Crippen LogP contribution is -2.45. The quantitative estimate of drug-likeness (QED) is 0.744. The first-order chi connectivity index (χ1) is 14.3. The van der Waals surface area contributed by atoms with Crippen molar-refractivity contribution in [3.63, 3.8) is 0 Å². The van der Waals surface area contributed by atoms with Crippen LogP contribution in [0.1, 0.15) is 36.8 Å². The number of piperidine rings is 1. The third kappa shape index (κ3) is 3.85. The van der Waals surface area contributed by atoms with Gasteiger partial charge in [-0.15, -0.1) is 5.10 Å². The fourth-order valence-corrected chi connectivity index (χ4v) is 4.09. The number of likely N-dealkylation sites (tertiary alicyclic amines) is 1. The molecule has 7 heteroatoms. The molecule has 0 bridgehead atoms. The van der Waals surface area contributed by atoms with Crippen LogP contribution in [0.3, 0.4) is 0 Å². The van der Waals surface area contributed by atoms with Gasteiger partial charge in [-0.25, -0.2) is 9.48 Å². The molecule has 29 heavy (non-hydrogen) atoms. The van der Waals surface area contributed by atoms with E-state index in [0.29, 0.717) is 5.92 Å². The number of pyridine rings is 1. The fourth-order valence-electron chi connectivity index (χ4n) is 4.09. The van der Waals surface area contributed by atoms with Crippen molar-refractivity contribution < 1.29 is 4.79 Å². The first-order valence-electron chi connectivity index (χ1n) is 10.2. The lowest BCUT2D eigenvalue weighted by atomic mass is 10.1. The number of benzene rings is 1. The summed E-state index contributed by atoms with van der Waals surface area (Å²) in [7, 11) is 0. The Bertz CT molecular complexity index is 965. The Balaban J connectivity index is 1.13. The molecule has 1 saturated carbocycles. The molecule has 3 heterocycles. The Labute approximate surface area is 169 Å². The molecule has 2 aliphatic rings. The van der Waals surface area contributed by atoms with E-state index < -0.39 is 0 Å². The van der Waals surface area contributed by atoms with Crippen molar-refractivity contribution in [2.75, 3.05) is 13.1 Å². The van der Waals surface area contributed by atoms with Gasteiger partial charge in [-0.05, 0) is 37.0 Å². The second kappa shape index (κ2) is 7.66. The van der Waals surface area contributed by atoms with Gasteiger partial charge in [0.1, 0.15) is 5.69 Å². The molecule has 2 aromatic heterocycles. The summed E-state index contributed by atoms with van der Waals surface area (Å²) in [6.07, 6.45) is 6.50. The number of urea groups is 1. The molecule has 1 aliphatic carbocycles. The maximum absolute atomic E-state index is 12.6. The van der Waals surface area contributed by atoms with Crippen molar-refractivity contribution in [2.24, 2.45) is 0 Å². The summed E-state index contributed by atoms with van der Waals surface area (Å²) >= 11 is 0. The van der Waals surface area contributed by atoms with Crippen molar-refractivity contribution in [1.82, 2.24) is 30.2 Å². The number of carbonyl (C=O) groups excluding carboxylic acids is 1. The summed E-state index contributed by atoms with van der Waals surface area (Å²) in [5.74, 6) is 0.456. The van der Waals surface area contributed by atoms with Crippen LogP contribution in [0.5, 0.6) is 0 Å². The van der Waals surface area contributed by atoms with Gasteiger partial charge in [0, 0.05) is 31.2 Å². The van der Waals surface area contributed by atoms with Crippen molar-refractivity contribution in [1.29, 1.82) is 0 Å². The summed E-state index contributed by atoms with van der Waals surface area (Å²) in [5, 5.41) is 11.8. The van der Waals surface area contributed by atoms with E-state index in [0.717, 1.165) is 43.7 Å². The average Bonchev–Trinajstić information content (AvgIpc) is 3.37. The first-order valence-corrected chi connectivity index (χ1v) is 10.2. The van der Waals surface area contributed by atoms with Gasteiger partial charge in [-0.3, -0.25) is 4.98 Å². The number of carbonyl (C=O) groups is 1. The van der Waals surface area contributed by atoms with Crippen molar-refractivity contribution in [3.8, 4) is 11.4 Å². The molecule has 5 rings (SSSR count). The molecule has 0 spiro atoms. The number of nitrogens with one attached hydrogen (secondary N) is 1. The van der Waals surface area contributed by atoms with Crippen LogP contribution >= 0.6 is 0 Å². The van der Waals surface area contributed by atoms with Gasteiger partial charge in [0.15, 0.2) is 0 Å². The first kappa shape index (κ1) is 17.8. The molecule has 2 atom stereocenters. The normalized spacial score (nSPS) is 21.7. The van der Waals surface area contributed by atoms with E-state index in [2.05, 4.69) is 44.9 Å². The SMILES string of the molecule is O=C(N[C@@H]1C[C@H]1c1ccccc1)N1CCC(n2cc(-c3ccccn3)nn2)CC1. The molecule has 3 aromatic rings. The van der Waals surface area contributed by atoms with Gasteiger partial charge in [0.25, 0.3) is 0 Å². The summed E-state index contributed by atoms with van der Waals surface area (Å²) in [6.45, 7) is 1.47. The molecule has 2 fully saturated rings. The van der Waals surface area contributed by atoms with Gasteiger partial charge in [0.05, 0.1) is 17.9 Å². The van der Waals surface area contributed by atoms with Crippen LogP contribution in [0, 0.1) is 0 Å². The third-order valence-corrected chi connectivity index (χ3v) is 5.89. The summed E-state index contributed by atoms with van der Waals surface area (Å²) in [4.78, 5) is 18.9. The zero-order valence-electron chi connectivity index (χ0n) is 16.2. The Morgan fingerprint density at radius 2 is 1.79 bits per heavy atom. The van der Waals surface area contributed by atoms with E-state index in [9.17, 15) is 4.79 Å². The van der Waals surface area contributed by atoms with E-state index in [-0.39, 0.29) is 18.1 Å². The standard InChI is InChI=1S/C22H24N6O/c29-22(24-20-14-18(20)16-6-2-1-3-7-16)27-12-9-17(10-13-27)28-15-21(25-26-28)19-8-4-5-11-23-19/h1-8,11,15,17-18,20H,9-10,12-14H2,(H,24,29)/t18-,20+/m0/s1. The van der Waals surface area contributed by atoms with Crippen molar-refractivity contribution in [3.05, 3.63) is 66.5 Å². The molecule has 1 aromatic carbocycles. The minimum absolute atomic E-state index is 0.0552. The number of aromatic nitrogens is 4.